The number of hydrogen-bond acceptors (Lipinski definition) is 25. The van der Waals surface area contributed by atoms with Crippen LogP contribution in [-0.2, 0) is 84.6 Å². The molecule has 0 saturated carbocycles. The molecule has 6 aliphatic heterocycles. The Labute approximate surface area is 691 Å². The minimum absolute atomic E-state index is 0.369. The van der Waals surface area contributed by atoms with Crippen molar-refractivity contribution in [2.24, 2.45) is 33.7 Å². The number of fused-ring (bicyclic) bond motifs is 4. The predicted molar refractivity (Wildman–Crippen MR) is 453 cm³/mol. The minimum atomic E-state index is 0.369. The highest BCUT2D eigenvalue weighted by Crippen LogP contribution is 2.37. The van der Waals surface area contributed by atoms with Gasteiger partial charge in [0, 0.05) is 148 Å². The Morgan fingerprint density at radius 3 is 1.15 bits per heavy atom. The van der Waals surface area contributed by atoms with Gasteiger partial charge in [0.25, 0.3) is 0 Å². The predicted octanol–water partition coefficient (Wildman–Crippen LogP) is 9.38. The van der Waals surface area contributed by atoms with Gasteiger partial charge in [-0.2, -0.15) is 0 Å². The summed E-state index contributed by atoms with van der Waals surface area (Å²) in [7, 11) is 8.76. The maximum Gasteiger partial charge on any atom is 0.194 e. The van der Waals surface area contributed by atoms with E-state index in [2.05, 4.69) is 243 Å². The highest BCUT2D eigenvalue weighted by atomic mass is 15.5. The van der Waals surface area contributed by atoms with E-state index in [4.69, 9.17) is 0 Å². The Kier molecular flexibility index (Phi) is 28.1. The summed E-state index contributed by atoms with van der Waals surface area (Å²) in [5.74, 6) is 4.88. The molecule has 0 amide bonds. The molecule has 4 aliphatic carbocycles. The Balaban J connectivity index is 0.000000117. The van der Waals surface area contributed by atoms with Gasteiger partial charge in [-0.25, -0.2) is 4.68 Å². The molecule has 4 atom stereocenters. The second kappa shape index (κ2) is 40.4. The van der Waals surface area contributed by atoms with E-state index in [9.17, 15) is 0 Å². The van der Waals surface area contributed by atoms with Crippen LogP contribution in [0.3, 0.4) is 0 Å². The average molecular weight is 1590 g/mol. The quantitative estimate of drug-likeness (QED) is 0.0570. The van der Waals surface area contributed by atoms with E-state index in [-0.39, 0.29) is 0 Å². The normalized spacial score (nSPS) is 21.4. The molecule has 622 valence electrons. The van der Waals surface area contributed by atoms with Crippen LogP contribution >= 0.6 is 0 Å². The summed E-state index contributed by atoms with van der Waals surface area (Å²) in [6.45, 7) is 20.7. The molecule has 15 heterocycles. The number of aromatic nitrogens is 17. The van der Waals surface area contributed by atoms with Gasteiger partial charge < -0.3 is 25.8 Å². The molecule has 29 heteroatoms. The maximum atomic E-state index is 4.69. The molecule has 10 aliphatic rings. The van der Waals surface area contributed by atoms with Crippen molar-refractivity contribution in [3.05, 3.63) is 196 Å². The number of hydrogen-bond donors (Lipinski definition) is 3. The number of aliphatic imine (C=N–C) groups is 2. The number of piperidine rings is 4. The number of nitrogens with one attached hydrogen (secondary N) is 3. The lowest BCUT2D eigenvalue weighted by Crippen LogP contribution is -2.44. The van der Waals surface area contributed by atoms with Crippen molar-refractivity contribution in [1.29, 1.82) is 0 Å². The van der Waals surface area contributed by atoms with Crippen LogP contribution in [0.25, 0.3) is 0 Å². The van der Waals surface area contributed by atoms with Crippen molar-refractivity contribution in [2.45, 2.75) is 211 Å². The molecule has 9 aromatic heterocycles. The summed E-state index contributed by atoms with van der Waals surface area (Å²) in [6, 6.07) is 24.8. The second-order valence-electron chi connectivity index (χ2n) is 34.5. The third-order valence-electron chi connectivity index (χ3n) is 26.1. The van der Waals surface area contributed by atoms with Crippen LogP contribution in [-0.4, -0.2) is 238 Å². The van der Waals surface area contributed by atoms with Gasteiger partial charge in [0.1, 0.15) is 0 Å². The third-order valence-corrected chi connectivity index (χ3v) is 26.1. The van der Waals surface area contributed by atoms with Crippen molar-refractivity contribution >= 4 is 11.9 Å². The largest absolute Gasteiger partial charge is 0.354 e. The van der Waals surface area contributed by atoms with E-state index in [0.717, 1.165) is 217 Å². The average Bonchev–Trinajstić information content (AvgIpc) is 0.930. The Hall–Kier alpha value is -9.39. The zero-order chi connectivity index (χ0) is 79.5. The molecule has 4 saturated heterocycles. The van der Waals surface area contributed by atoms with E-state index in [1.54, 1.807) is 0 Å². The Morgan fingerprint density at radius 2 is 0.761 bits per heavy atom. The van der Waals surface area contributed by atoms with Crippen molar-refractivity contribution in [1.82, 2.24) is 135 Å². The Morgan fingerprint density at radius 1 is 0.376 bits per heavy atom. The van der Waals surface area contributed by atoms with Gasteiger partial charge in [-0.15, -0.1) is 20.4 Å². The van der Waals surface area contributed by atoms with Gasteiger partial charge in [0.05, 0.1) is 94.7 Å². The lowest BCUT2D eigenvalue weighted by atomic mass is 9.91. The molecule has 3 N–H and O–H groups in total. The first-order valence-electron chi connectivity index (χ1n) is 44.1. The van der Waals surface area contributed by atoms with Crippen LogP contribution in [0.15, 0.2) is 132 Å². The zero-order valence-electron chi connectivity index (χ0n) is 69.8. The van der Waals surface area contributed by atoms with E-state index in [1.807, 2.05) is 52.6 Å². The molecule has 19 rings (SSSR count). The molecule has 117 heavy (non-hydrogen) atoms. The molecule has 9 aromatic rings. The van der Waals surface area contributed by atoms with Gasteiger partial charge >= 0.3 is 0 Å². The van der Waals surface area contributed by atoms with Gasteiger partial charge in [0.15, 0.2) is 11.9 Å². The molecule has 0 bridgehead atoms. The summed E-state index contributed by atoms with van der Waals surface area (Å²) >= 11 is 0. The summed E-state index contributed by atoms with van der Waals surface area (Å²) < 4.78 is 8.26. The van der Waals surface area contributed by atoms with Gasteiger partial charge in [0.2, 0.25) is 0 Å². The van der Waals surface area contributed by atoms with Crippen molar-refractivity contribution < 1.29 is 0 Å². The number of rotatable bonds is 22. The minimum Gasteiger partial charge on any atom is -0.354 e. The van der Waals surface area contributed by atoms with Crippen molar-refractivity contribution in [2.75, 3.05) is 107 Å². The number of pyridine rings is 5. The summed E-state index contributed by atoms with van der Waals surface area (Å²) in [5.41, 5.74) is 16.1. The molecule has 29 nitrogen and oxygen atoms in total. The van der Waals surface area contributed by atoms with Crippen LogP contribution < -0.4 is 16.0 Å². The zero-order valence-corrected chi connectivity index (χ0v) is 69.8. The van der Waals surface area contributed by atoms with Crippen LogP contribution in [0.2, 0.25) is 0 Å². The topological polar surface area (TPSA) is 271 Å². The lowest BCUT2D eigenvalue weighted by molar-refractivity contribution is 0.162. The number of likely N-dealkylation sites (tertiary alicyclic amines) is 3. The second-order valence-corrected chi connectivity index (χ2v) is 34.5. The fraction of sp³-hybridized carbons (Fsp3) is 0.602. The number of guanidine groups is 2. The standard InChI is InChI=1S/C25H33N7.2C22H32N8.C19H28N6/c1-30(24-9-4-6-21-7-5-13-27-25(21)24)17-23-19-32(29-28-23)16-20-10-14-31(15-11-20)18-22-8-2-3-12-26-22;2*1-28(20-6-2-4-18-5-3-9-23-21(18)20)15-19-16-30(27-26-19)14-17-7-12-29(13-8-17)22-24-10-11-25-22;1-24(18-6-2-4-16-5-3-9-21-19(16)18)14-17-12-22-23-25(17)13-15-7-10-20-11-8-15/h2-3,5,7-8,12-13,19-20,24H,4,6,9-11,14-18H2,1H3;2*3,5,9,16-17,20H,2,4,6-8,10-15H2,1H3,(H,24,25);3,5,9,12,15,18,20H,2,4,6-8,10-11,13-14H2,1H3. The first-order valence-corrected chi connectivity index (χ1v) is 44.1. The summed E-state index contributed by atoms with van der Waals surface area (Å²) in [5, 5.41) is 45.4. The molecule has 0 radical (unpaired) electrons. The maximum absolute atomic E-state index is 4.69. The van der Waals surface area contributed by atoms with Crippen LogP contribution in [0.5, 0.6) is 0 Å². The van der Waals surface area contributed by atoms with Crippen molar-refractivity contribution in [3.63, 3.8) is 0 Å². The van der Waals surface area contributed by atoms with E-state index < -0.39 is 0 Å². The first-order chi connectivity index (χ1) is 57.6. The summed E-state index contributed by atoms with van der Waals surface area (Å²) in [6.07, 6.45) is 41.6. The molecule has 4 unspecified atom stereocenters. The van der Waals surface area contributed by atoms with Gasteiger partial charge in [-0.1, -0.05) is 51.2 Å². The molecule has 4 fully saturated rings. The monoisotopic (exact) mass is 1590 g/mol. The fourth-order valence-electron chi connectivity index (χ4n) is 19.6. The van der Waals surface area contributed by atoms with Gasteiger partial charge in [-0.3, -0.25) is 73.4 Å². The molecular formula is C88H125N29. The third kappa shape index (κ3) is 21.7. The SMILES string of the molecule is CN(Cc1cn(CC2CCN(C3=NCCN3)CC2)nn1)C1CCCc2cccnc21.CN(Cc1cn(CC2CCN(C3=NCCN3)CC2)nn1)C1CCCc2cccnc21.CN(Cc1cn(CC2CCN(Cc3ccccn3)CC2)nn1)C1CCCc2cccnc21.CN(Cc1cnnn1CC1CCNCC1)C1CCCc2cccnc21. The lowest BCUT2D eigenvalue weighted by Gasteiger charge is -2.33. The van der Waals surface area contributed by atoms with E-state index in [1.165, 1.54) is 134 Å². The van der Waals surface area contributed by atoms with E-state index >= 15 is 0 Å². The molecule has 0 aromatic carbocycles. The van der Waals surface area contributed by atoms with Crippen molar-refractivity contribution in [3.8, 4) is 0 Å². The molecular weight excluding hydrogens is 1460 g/mol. The van der Waals surface area contributed by atoms with Crippen LogP contribution in [0.1, 0.15) is 200 Å². The smallest absolute Gasteiger partial charge is 0.194 e. The summed E-state index contributed by atoms with van der Waals surface area (Å²) in [4.78, 5) is 49.1. The van der Waals surface area contributed by atoms with E-state index in [0.29, 0.717) is 47.8 Å². The highest BCUT2D eigenvalue weighted by molar-refractivity contribution is 5.82. The number of aryl methyl sites for hydroxylation is 4. The Bertz CT molecular complexity index is 4450. The molecule has 0 spiro atoms. The van der Waals surface area contributed by atoms with Crippen LogP contribution in [0.4, 0.5) is 0 Å². The highest BCUT2D eigenvalue weighted by Gasteiger charge is 2.33. The first kappa shape index (κ1) is 81.4. The van der Waals surface area contributed by atoms with Crippen LogP contribution in [0, 0.1) is 23.7 Å². The number of nitrogens with zero attached hydrogens (tertiary/aromatic N) is 26. The van der Waals surface area contributed by atoms with Gasteiger partial charge in [-0.05, 0) is 265 Å². The fourth-order valence-corrected chi connectivity index (χ4v) is 19.6.